The number of pyridine rings is 1. The van der Waals surface area contributed by atoms with Crippen LogP contribution in [-0.4, -0.2) is 19.6 Å². The first kappa shape index (κ1) is 15.1. The van der Waals surface area contributed by atoms with E-state index in [4.69, 9.17) is 4.74 Å². The third-order valence-corrected chi connectivity index (χ3v) is 3.78. The van der Waals surface area contributed by atoms with Crippen molar-refractivity contribution in [2.24, 2.45) is 0 Å². The summed E-state index contributed by atoms with van der Waals surface area (Å²) in [6, 6.07) is 12.3. The summed E-state index contributed by atoms with van der Waals surface area (Å²) in [5.74, 6) is 0.875. The fraction of sp³-hybridized carbons (Fsp3) is 0.125. The van der Waals surface area contributed by atoms with E-state index in [0.29, 0.717) is 23.7 Å². The summed E-state index contributed by atoms with van der Waals surface area (Å²) in [5.41, 5.74) is 2.17. The Kier molecular flexibility index (Phi) is 4.58. The molecule has 0 bridgehead atoms. The lowest BCUT2D eigenvalue weighted by Crippen LogP contribution is -2.12. The highest BCUT2D eigenvalue weighted by molar-refractivity contribution is 6.99. The van der Waals surface area contributed by atoms with Gasteiger partial charge in [-0.3, -0.25) is 4.79 Å². The monoisotopic (exact) mass is 326 g/mol. The van der Waals surface area contributed by atoms with Gasteiger partial charge >= 0.3 is 0 Å². The van der Waals surface area contributed by atoms with Crippen molar-refractivity contribution in [3.63, 3.8) is 0 Å². The second-order valence-electron chi connectivity index (χ2n) is 4.78. The first-order valence-electron chi connectivity index (χ1n) is 6.95. The van der Waals surface area contributed by atoms with Crippen LogP contribution in [0.15, 0.2) is 48.7 Å². The first-order chi connectivity index (χ1) is 11.2. The van der Waals surface area contributed by atoms with Crippen molar-refractivity contribution >= 4 is 23.5 Å². The van der Waals surface area contributed by atoms with Crippen LogP contribution in [0.1, 0.15) is 21.7 Å². The van der Waals surface area contributed by atoms with Crippen LogP contribution in [-0.2, 0) is 6.61 Å². The van der Waals surface area contributed by atoms with E-state index >= 15 is 0 Å². The minimum Gasteiger partial charge on any atom is -0.487 e. The minimum absolute atomic E-state index is 0.236. The predicted octanol–water partition coefficient (Wildman–Crippen LogP) is 3.07. The van der Waals surface area contributed by atoms with Crippen molar-refractivity contribution in [1.82, 2.24) is 13.7 Å². The number of hydrogen-bond donors (Lipinski definition) is 1. The number of benzene rings is 1. The van der Waals surface area contributed by atoms with Crippen molar-refractivity contribution in [1.29, 1.82) is 0 Å². The Bertz CT molecular complexity index is 805. The molecule has 0 saturated heterocycles. The number of anilines is 1. The van der Waals surface area contributed by atoms with E-state index in [-0.39, 0.29) is 5.91 Å². The molecule has 116 valence electrons. The fourth-order valence-corrected chi connectivity index (χ4v) is 2.44. The summed E-state index contributed by atoms with van der Waals surface area (Å²) in [7, 11) is 0. The number of nitrogens with one attached hydrogen (secondary N) is 1. The van der Waals surface area contributed by atoms with Gasteiger partial charge in [0.15, 0.2) is 0 Å². The number of nitrogens with zero attached hydrogens (tertiary/aromatic N) is 3. The molecule has 0 saturated carbocycles. The lowest BCUT2D eigenvalue weighted by atomic mass is 10.2. The van der Waals surface area contributed by atoms with Crippen LogP contribution in [0.3, 0.4) is 0 Å². The molecule has 2 heterocycles. The highest BCUT2D eigenvalue weighted by Crippen LogP contribution is 2.17. The largest absolute Gasteiger partial charge is 0.487 e. The summed E-state index contributed by atoms with van der Waals surface area (Å²) >= 11 is 1.16. The van der Waals surface area contributed by atoms with E-state index in [9.17, 15) is 4.79 Å². The molecule has 1 aromatic carbocycles. The maximum Gasteiger partial charge on any atom is 0.256 e. The summed E-state index contributed by atoms with van der Waals surface area (Å²) in [6.07, 6.45) is 1.62. The molecule has 0 unspecified atom stereocenters. The van der Waals surface area contributed by atoms with Gasteiger partial charge in [0.2, 0.25) is 0 Å². The van der Waals surface area contributed by atoms with Crippen LogP contribution >= 0.6 is 11.7 Å². The van der Waals surface area contributed by atoms with Crippen molar-refractivity contribution in [3.8, 4) is 5.75 Å². The summed E-state index contributed by atoms with van der Waals surface area (Å²) < 4.78 is 13.9. The van der Waals surface area contributed by atoms with Crippen LogP contribution < -0.4 is 10.1 Å². The van der Waals surface area contributed by atoms with E-state index in [1.54, 1.807) is 42.6 Å². The highest BCUT2D eigenvalue weighted by Gasteiger charge is 2.09. The normalized spacial score (nSPS) is 10.3. The quantitative estimate of drug-likeness (QED) is 0.779. The van der Waals surface area contributed by atoms with Gasteiger partial charge in [-0.2, -0.15) is 8.75 Å². The van der Waals surface area contributed by atoms with Crippen LogP contribution in [0, 0.1) is 6.92 Å². The van der Waals surface area contributed by atoms with E-state index in [1.165, 1.54) is 0 Å². The molecule has 0 atom stereocenters. The zero-order chi connectivity index (χ0) is 16.1. The zero-order valence-electron chi connectivity index (χ0n) is 12.4. The number of carbonyl (C=O) groups excluding carboxylic acids is 1. The number of ether oxygens (including phenoxy) is 1. The SMILES string of the molecule is Cc1nsnc1COc1cccc(C(=O)Nc2ccccn2)c1. The number of carbonyl (C=O) groups is 1. The maximum absolute atomic E-state index is 12.2. The highest BCUT2D eigenvalue weighted by atomic mass is 32.1. The van der Waals surface area contributed by atoms with Crippen LogP contribution in [0.2, 0.25) is 0 Å². The molecule has 2 aromatic heterocycles. The molecule has 3 rings (SSSR count). The average Bonchev–Trinajstić information content (AvgIpc) is 2.99. The summed E-state index contributed by atoms with van der Waals surface area (Å²) in [4.78, 5) is 16.3. The topological polar surface area (TPSA) is 77.0 Å². The lowest BCUT2D eigenvalue weighted by Gasteiger charge is -2.07. The molecule has 0 radical (unpaired) electrons. The van der Waals surface area contributed by atoms with Gasteiger partial charge in [0, 0.05) is 11.8 Å². The van der Waals surface area contributed by atoms with Gasteiger partial charge in [-0.1, -0.05) is 12.1 Å². The maximum atomic E-state index is 12.2. The molecule has 0 spiro atoms. The van der Waals surface area contributed by atoms with Gasteiger partial charge in [-0.25, -0.2) is 4.98 Å². The van der Waals surface area contributed by atoms with Crippen molar-refractivity contribution in [2.45, 2.75) is 13.5 Å². The van der Waals surface area contributed by atoms with Crippen LogP contribution in [0.4, 0.5) is 5.82 Å². The molecular formula is C16H14N4O2S. The van der Waals surface area contributed by atoms with Crippen LogP contribution in [0.5, 0.6) is 5.75 Å². The number of rotatable bonds is 5. The molecule has 23 heavy (non-hydrogen) atoms. The van der Waals surface area contributed by atoms with Gasteiger partial charge in [-0.15, -0.1) is 0 Å². The van der Waals surface area contributed by atoms with Gasteiger partial charge < -0.3 is 10.1 Å². The Hall–Kier alpha value is -2.80. The third-order valence-electron chi connectivity index (χ3n) is 3.12. The Balaban J connectivity index is 1.67. The van der Waals surface area contributed by atoms with E-state index in [0.717, 1.165) is 23.1 Å². The van der Waals surface area contributed by atoms with Crippen LogP contribution in [0.25, 0.3) is 0 Å². The number of hydrogen-bond acceptors (Lipinski definition) is 6. The van der Waals surface area contributed by atoms with Gasteiger partial charge in [0.05, 0.1) is 17.4 Å². The molecule has 0 fully saturated rings. The molecular weight excluding hydrogens is 312 g/mol. The molecule has 3 aromatic rings. The van der Waals surface area contributed by atoms with E-state index < -0.39 is 0 Å². The number of aryl methyl sites for hydroxylation is 1. The minimum atomic E-state index is -0.236. The molecule has 0 aliphatic rings. The Labute approximate surface area is 137 Å². The Morgan fingerprint density at radius 3 is 2.87 bits per heavy atom. The second kappa shape index (κ2) is 6.97. The van der Waals surface area contributed by atoms with Gasteiger partial charge in [0.25, 0.3) is 5.91 Å². The zero-order valence-corrected chi connectivity index (χ0v) is 13.2. The predicted molar refractivity (Wildman–Crippen MR) is 87.6 cm³/mol. The molecule has 0 aliphatic carbocycles. The molecule has 1 amide bonds. The van der Waals surface area contributed by atoms with Crippen molar-refractivity contribution < 1.29 is 9.53 Å². The number of aromatic nitrogens is 3. The second-order valence-corrected chi connectivity index (χ2v) is 5.31. The Morgan fingerprint density at radius 2 is 2.13 bits per heavy atom. The lowest BCUT2D eigenvalue weighted by molar-refractivity contribution is 0.102. The van der Waals surface area contributed by atoms with Gasteiger partial charge in [-0.05, 0) is 37.3 Å². The standard InChI is InChI=1S/C16H14N4O2S/c1-11-14(20-23-19-11)10-22-13-6-4-5-12(9-13)16(21)18-15-7-2-3-8-17-15/h2-9H,10H2,1H3,(H,17,18,21). The van der Waals surface area contributed by atoms with Crippen molar-refractivity contribution in [3.05, 3.63) is 65.6 Å². The van der Waals surface area contributed by atoms with E-state index in [2.05, 4.69) is 19.0 Å². The van der Waals surface area contributed by atoms with E-state index in [1.807, 2.05) is 13.0 Å². The molecule has 6 nitrogen and oxygen atoms in total. The van der Waals surface area contributed by atoms with Gasteiger partial charge in [0.1, 0.15) is 23.9 Å². The molecule has 1 N–H and O–H groups in total. The smallest absolute Gasteiger partial charge is 0.256 e. The molecule has 7 heteroatoms. The van der Waals surface area contributed by atoms with Crippen molar-refractivity contribution in [2.75, 3.05) is 5.32 Å². The number of amides is 1. The first-order valence-corrected chi connectivity index (χ1v) is 7.68. The summed E-state index contributed by atoms with van der Waals surface area (Å²) in [5, 5.41) is 2.74. The summed E-state index contributed by atoms with van der Waals surface area (Å²) in [6.45, 7) is 2.21. The molecule has 0 aliphatic heterocycles. The third kappa shape index (κ3) is 3.89. The fourth-order valence-electron chi connectivity index (χ4n) is 1.88. The Morgan fingerprint density at radius 1 is 1.22 bits per heavy atom. The average molecular weight is 326 g/mol.